The molecule has 64 valence electrons. The Morgan fingerprint density at radius 1 is 1.50 bits per heavy atom. The van der Waals surface area contributed by atoms with Gasteiger partial charge in [0.1, 0.15) is 0 Å². The van der Waals surface area contributed by atoms with E-state index in [1.807, 2.05) is 19.2 Å². The first-order valence-electron chi connectivity index (χ1n) is 4.08. The van der Waals surface area contributed by atoms with Crippen LogP contribution in [0.3, 0.4) is 0 Å². The van der Waals surface area contributed by atoms with Gasteiger partial charge in [0.15, 0.2) is 0 Å². The molecule has 1 saturated carbocycles. The molecule has 12 heavy (non-hydrogen) atoms. The molecule has 1 N–H and O–H groups in total. The number of nitrogens with zero attached hydrogens (tertiary/aromatic N) is 1. The Hall–Kier alpha value is -0.600. The zero-order valence-corrected chi connectivity index (χ0v) is 7.73. The SMILES string of the molecule is CNC1(c2ccc(Cl)cn2)CC1. The number of halogens is 1. The Labute approximate surface area is 77.0 Å². The number of aromatic nitrogens is 1. The predicted octanol–water partition coefficient (Wildman–Crippen LogP) is 1.94. The largest absolute Gasteiger partial charge is 0.309 e. The van der Waals surface area contributed by atoms with Crippen molar-refractivity contribution in [1.29, 1.82) is 0 Å². The molecule has 0 unspecified atom stereocenters. The molecule has 1 fully saturated rings. The van der Waals surface area contributed by atoms with Crippen LogP contribution < -0.4 is 5.32 Å². The van der Waals surface area contributed by atoms with Crippen LogP contribution in [0.2, 0.25) is 5.02 Å². The second kappa shape index (κ2) is 2.71. The van der Waals surface area contributed by atoms with Gasteiger partial charge in [0.25, 0.3) is 0 Å². The van der Waals surface area contributed by atoms with Gasteiger partial charge in [-0.25, -0.2) is 0 Å². The molecular weight excluding hydrogens is 172 g/mol. The second-order valence-electron chi connectivity index (χ2n) is 3.19. The summed E-state index contributed by atoms with van der Waals surface area (Å²) in [4.78, 5) is 4.29. The average Bonchev–Trinajstić information content (AvgIpc) is 2.86. The summed E-state index contributed by atoms with van der Waals surface area (Å²) >= 11 is 5.74. The Morgan fingerprint density at radius 3 is 2.67 bits per heavy atom. The Kier molecular flexibility index (Phi) is 1.81. The topological polar surface area (TPSA) is 24.9 Å². The van der Waals surface area contributed by atoms with Crippen molar-refractivity contribution in [2.45, 2.75) is 18.4 Å². The van der Waals surface area contributed by atoms with Crippen LogP contribution in [0.15, 0.2) is 18.3 Å². The minimum absolute atomic E-state index is 0.157. The maximum Gasteiger partial charge on any atom is 0.0607 e. The van der Waals surface area contributed by atoms with E-state index in [4.69, 9.17) is 11.6 Å². The minimum atomic E-state index is 0.157. The summed E-state index contributed by atoms with van der Waals surface area (Å²) in [5, 5.41) is 3.98. The average molecular weight is 183 g/mol. The van der Waals surface area contributed by atoms with Gasteiger partial charge in [-0.15, -0.1) is 0 Å². The molecule has 0 saturated heterocycles. The van der Waals surface area contributed by atoms with E-state index in [0.717, 1.165) is 5.69 Å². The Bertz CT molecular complexity index is 277. The standard InChI is InChI=1S/C9H11ClN2/c1-11-9(4-5-9)8-3-2-7(10)6-12-8/h2-3,6,11H,4-5H2,1H3. The third-order valence-electron chi connectivity index (χ3n) is 2.45. The fraction of sp³-hybridized carbons (Fsp3) is 0.444. The summed E-state index contributed by atoms with van der Waals surface area (Å²) in [6, 6.07) is 3.88. The Morgan fingerprint density at radius 2 is 2.25 bits per heavy atom. The molecule has 0 amide bonds. The molecular formula is C9H11ClN2. The number of hydrogen-bond donors (Lipinski definition) is 1. The molecule has 2 rings (SSSR count). The van der Waals surface area contributed by atoms with E-state index in [2.05, 4.69) is 10.3 Å². The number of hydrogen-bond acceptors (Lipinski definition) is 2. The number of rotatable bonds is 2. The highest BCUT2D eigenvalue weighted by Gasteiger charge is 2.43. The lowest BCUT2D eigenvalue weighted by Crippen LogP contribution is -2.25. The molecule has 1 aliphatic carbocycles. The second-order valence-corrected chi connectivity index (χ2v) is 3.63. The van der Waals surface area contributed by atoms with Crippen molar-refractivity contribution >= 4 is 11.6 Å². The smallest absolute Gasteiger partial charge is 0.0607 e. The summed E-state index contributed by atoms with van der Waals surface area (Å²) in [5.41, 5.74) is 1.26. The molecule has 0 aliphatic heterocycles. The van der Waals surface area contributed by atoms with Crippen LogP contribution in [0.1, 0.15) is 18.5 Å². The fourth-order valence-corrected chi connectivity index (χ4v) is 1.53. The summed E-state index contributed by atoms with van der Waals surface area (Å²) in [6.45, 7) is 0. The van der Waals surface area contributed by atoms with Crippen molar-refractivity contribution in [3.63, 3.8) is 0 Å². The first kappa shape index (κ1) is 8.02. The molecule has 0 atom stereocenters. The van der Waals surface area contributed by atoms with E-state index in [0.29, 0.717) is 5.02 Å². The van der Waals surface area contributed by atoms with Crippen LogP contribution in [-0.2, 0) is 5.54 Å². The van der Waals surface area contributed by atoms with E-state index >= 15 is 0 Å². The first-order chi connectivity index (χ1) is 5.77. The van der Waals surface area contributed by atoms with Gasteiger partial charge in [-0.1, -0.05) is 11.6 Å². The Balaban J connectivity index is 2.29. The predicted molar refractivity (Wildman–Crippen MR) is 49.2 cm³/mol. The zero-order valence-electron chi connectivity index (χ0n) is 6.97. The van der Waals surface area contributed by atoms with Gasteiger partial charge in [-0.05, 0) is 32.0 Å². The van der Waals surface area contributed by atoms with Gasteiger partial charge in [0.2, 0.25) is 0 Å². The lowest BCUT2D eigenvalue weighted by molar-refractivity contribution is 0.568. The summed E-state index contributed by atoms with van der Waals surface area (Å²) < 4.78 is 0. The molecule has 1 heterocycles. The molecule has 1 aliphatic rings. The minimum Gasteiger partial charge on any atom is -0.309 e. The quantitative estimate of drug-likeness (QED) is 0.756. The van der Waals surface area contributed by atoms with Gasteiger partial charge < -0.3 is 5.32 Å². The third kappa shape index (κ3) is 1.21. The van der Waals surface area contributed by atoms with Crippen molar-refractivity contribution in [2.75, 3.05) is 7.05 Å². The van der Waals surface area contributed by atoms with Crippen LogP contribution in [0.5, 0.6) is 0 Å². The van der Waals surface area contributed by atoms with E-state index in [9.17, 15) is 0 Å². The zero-order chi connectivity index (χ0) is 8.60. The molecule has 0 bridgehead atoms. The molecule has 0 radical (unpaired) electrons. The monoisotopic (exact) mass is 182 g/mol. The third-order valence-corrected chi connectivity index (χ3v) is 2.67. The van der Waals surface area contributed by atoms with Gasteiger partial charge in [-0.3, -0.25) is 4.98 Å². The van der Waals surface area contributed by atoms with Crippen LogP contribution in [-0.4, -0.2) is 12.0 Å². The number of nitrogens with one attached hydrogen (secondary N) is 1. The van der Waals surface area contributed by atoms with E-state index in [1.54, 1.807) is 6.20 Å². The molecule has 3 heteroatoms. The molecule has 1 aromatic rings. The summed E-state index contributed by atoms with van der Waals surface area (Å²) in [5.74, 6) is 0. The van der Waals surface area contributed by atoms with Crippen LogP contribution >= 0.6 is 11.6 Å². The van der Waals surface area contributed by atoms with Crippen LogP contribution in [0.25, 0.3) is 0 Å². The maximum atomic E-state index is 5.74. The first-order valence-corrected chi connectivity index (χ1v) is 4.46. The van der Waals surface area contributed by atoms with Crippen molar-refractivity contribution in [2.24, 2.45) is 0 Å². The van der Waals surface area contributed by atoms with E-state index in [1.165, 1.54) is 12.8 Å². The van der Waals surface area contributed by atoms with Crippen LogP contribution in [0, 0.1) is 0 Å². The van der Waals surface area contributed by atoms with Gasteiger partial charge in [-0.2, -0.15) is 0 Å². The van der Waals surface area contributed by atoms with Gasteiger partial charge >= 0.3 is 0 Å². The van der Waals surface area contributed by atoms with Crippen molar-refractivity contribution in [3.8, 4) is 0 Å². The molecule has 1 aromatic heterocycles. The molecule has 0 spiro atoms. The highest BCUT2D eigenvalue weighted by molar-refractivity contribution is 6.30. The molecule has 2 nitrogen and oxygen atoms in total. The highest BCUT2D eigenvalue weighted by Crippen LogP contribution is 2.43. The number of pyridine rings is 1. The fourth-order valence-electron chi connectivity index (χ4n) is 1.42. The lowest BCUT2D eigenvalue weighted by atomic mass is 10.1. The van der Waals surface area contributed by atoms with Crippen LogP contribution in [0.4, 0.5) is 0 Å². The lowest BCUT2D eigenvalue weighted by Gasteiger charge is -2.12. The van der Waals surface area contributed by atoms with Gasteiger partial charge in [0.05, 0.1) is 16.3 Å². The van der Waals surface area contributed by atoms with Crippen molar-refractivity contribution in [1.82, 2.24) is 10.3 Å². The van der Waals surface area contributed by atoms with Crippen molar-refractivity contribution < 1.29 is 0 Å². The van der Waals surface area contributed by atoms with Gasteiger partial charge in [0, 0.05) is 6.20 Å². The maximum absolute atomic E-state index is 5.74. The summed E-state index contributed by atoms with van der Waals surface area (Å²) in [7, 11) is 1.98. The van der Waals surface area contributed by atoms with E-state index in [-0.39, 0.29) is 5.54 Å². The van der Waals surface area contributed by atoms with E-state index < -0.39 is 0 Å². The molecule has 0 aromatic carbocycles. The van der Waals surface area contributed by atoms with Crippen molar-refractivity contribution in [3.05, 3.63) is 29.0 Å². The highest BCUT2D eigenvalue weighted by atomic mass is 35.5. The normalized spacial score (nSPS) is 19.2. The summed E-state index contributed by atoms with van der Waals surface area (Å²) in [6.07, 6.45) is 4.06.